The molecule has 5 amide bonds. The Bertz CT molecular complexity index is 1660. The van der Waals surface area contributed by atoms with Crippen molar-refractivity contribution in [1.29, 1.82) is 0 Å². The van der Waals surface area contributed by atoms with Gasteiger partial charge in [0, 0.05) is 25.7 Å². The summed E-state index contributed by atoms with van der Waals surface area (Å²) in [4.78, 5) is 68.6. The molecule has 13 nitrogen and oxygen atoms in total. The number of ketones is 1. The van der Waals surface area contributed by atoms with E-state index in [0.717, 1.165) is 19.3 Å². The van der Waals surface area contributed by atoms with Crippen molar-refractivity contribution < 1.29 is 32.4 Å². The zero-order valence-electron chi connectivity index (χ0n) is 30.5. The molecule has 0 aromatic heterocycles. The third-order valence-corrected chi connectivity index (χ3v) is 13.4. The molecule has 0 spiro atoms. The Kier molecular flexibility index (Phi) is 9.98. The van der Waals surface area contributed by atoms with E-state index in [1.165, 1.54) is 9.21 Å². The van der Waals surface area contributed by atoms with Gasteiger partial charge in [-0.15, -0.1) is 0 Å². The molecule has 2 aliphatic heterocycles. The van der Waals surface area contributed by atoms with Crippen molar-refractivity contribution in [2.75, 3.05) is 13.1 Å². The van der Waals surface area contributed by atoms with Crippen molar-refractivity contribution in [3.63, 3.8) is 0 Å². The highest BCUT2D eigenvalue weighted by Crippen LogP contribution is 2.65. The Hall–Kier alpha value is -3.52. The number of sulfonamides is 1. The van der Waals surface area contributed by atoms with Crippen LogP contribution < -0.4 is 21.7 Å². The lowest BCUT2D eigenvalue weighted by Crippen LogP contribution is -2.62. The summed E-state index contributed by atoms with van der Waals surface area (Å²) in [6.45, 7) is 15.8. The predicted molar refractivity (Wildman–Crippen MR) is 187 cm³/mol. The zero-order chi connectivity index (χ0) is 37.1. The molecule has 6 atom stereocenters. The first kappa shape index (κ1) is 37.7. The van der Waals surface area contributed by atoms with Crippen LogP contribution in [0, 0.1) is 34.0 Å². The monoisotopic (exact) mass is 714 g/mol. The van der Waals surface area contributed by atoms with Crippen LogP contribution in [0.3, 0.4) is 0 Å². The third kappa shape index (κ3) is 7.28. The van der Waals surface area contributed by atoms with E-state index in [2.05, 4.69) is 16.0 Å². The number of benzene rings is 1. The molecule has 0 radical (unpaired) electrons. The smallest absolute Gasteiger partial charge is 0.315 e. The van der Waals surface area contributed by atoms with Gasteiger partial charge in [-0.3, -0.25) is 19.2 Å². The molecule has 1 aromatic rings. The number of likely N-dealkylation sites (tertiary alicyclic amines) is 1. The first-order valence-corrected chi connectivity index (χ1v) is 19.1. The number of rotatable bonds is 11. The number of nitrogens with two attached hydrogens (primary N) is 1. The van der Waals surface area contributed by atoms with E-state index in [1.807, 2.05) is 55.4 Å². The number of hydrogen-bond donors (Lipinski definition) is 4. The standard InChI is InChI=1S/C36H54N6O7S/c1-34(2,3)25(19-41-17-21-14-9-10-15-24(21)50(41,48)49)39-33(47)40-29(35(4,5)6)32(46)42-18-22-26(36(22,7)8)27(42)31(45)38-23(28(43)30(37)44)16-20-12-11-13-20/h9-10,14-15,20,22-23,25-27,29H,11-13,16-19H2,1-8H3,(H2,37,44)(H,38,45)(H2,39,40,47)/t22-,23?,25+,26-,27?,29+/m0/s1. The van der Waals surface area contributed by atoms with Gasteiger partial charge in [0.2, 0.25) is 27.6 Å². The fraction of sp³-hybridized carbons (Fsp3) is 0.694. The largest absolute Gasteiger partial charge is 0.363 e. The fourth-order valence-corrected chi connectivity index (χ4v) is 9.53. The van der Waals surface area contributed by atoms with Crippen LogP contribution in [0.25, 0.3) is 0 Å². The van der Waals surface area contributed by atoms with Gasteiger partial charge in [-0.1, -0.05) is 92.9 Å². The maximum Gasteiger partial charge on any atom is 0.315 e. The number of Topliss-reactive ketones (excluding diaryl/α,β-unsaturated/α-hetero) is 1. The van der Waals surface area contributed by atoms with E-state index in [-0.39, 0.29) is 41.2 Å². The summed E-state index contributed by atoms with van der Waals surface area (Å²) >= 11 is 0. The first-order chi connectivity index (χ1) is 23.0. The molecule has 1 saturated heterocycles. The number of primary amides is 1. The van der Waals surface area contributed by atoms with Gasteiger partial charge < -0.3 is 26.6 Å². The van der Waals surface area contributed by atoms with Crippen molar-refractivity contribution in [1.82, 2.24) is 25.2 Å². The Balaban J connectivity index is 1.33. The fourth-order valence-electron chi connectivity index (χ4n) is 7.88. The molecule has 2 unspecified atom stereocenters. The number of amides is 5. The number of carbonyl (C=O) groups is 5. The molecule has 0 bridgehead atoms. The third-order valence-electron chi connectivity index (χ3n) is 11.5. The summed E-state index contributed by atoms with van der Waals surface area (Å²) < 4.78 is 28.0. The van der Waals surface area contributed by atoms with E-state index in [1.54, 1.807) is 24.3 Å². The van der Waals surface area contributed by atoms with Crippen molar-refractivity contribution >= 4 is 39.6 Å². The predicted octanol–water partition coefficient (Wildman–Crippen LogP) is 2.53. The van der Waals surface area contributed by atoms with Gasteiger partial charge in [-0.05, 0) is 52.0 Å². The van der Waals surface area contributed by atoms with E-state index in [9.17, 15) is 32.4 Å². The normalized spacial score (nSPS) is 25.7. The van der Waals surface area contributed by atoms with Crippen molar-refractivity contribution in [2.45, 2.75) is 117 Å². The average Bonchev–Trinajstić information content (AvgIpc) is 3.25. The quantitative estimate of drug-likeness (QED) is 0.254. The molecule has 2 aliphatic carbocycles. The van der Waals surface area contributed by atoms with Crippen LogP contribution in [0.5, 0.6) is 0 Å². The van der Waals surface area contributed by atoms with Crippen molar-refractivity contribution in [3.8, 4) is 0 Å². The lowest BCUT2D eigenvalue weighted by molar-refractivity contribution is -0.145. The second kappa shape index (κ2) is 13.2. The van der Waals surface area contributed by atoms with E-state index in [4.69, 9.17) is 5.73 Å². The molecular weight excluding hydrogens is 660 g/mol. The topological polar surface area (TPSA) is 188 Å². The Morgan fingerprint density at radius 3 is 2.14 bits per heavy atom. The Morgan fingerprint density at radius 2 is 1.60 bits per heavy atom. The minimum atomic E-state index is -3.74. The van der Waals surface area contributed by atoms with Crippen LogP contribution >= 0.6 is 0 Å². The number of hydrogen-bond acceptors (Lipinski definition) is 7. The van der Waals surface area contributed by atoms with Gasteiger partial charge in [-0.2, -0.15) is 4.31 Å². The summed E-state index contributed by atoms with van der Waals surface area (Å²) in [5.41, 5.74) is 4.50. The van der Waals surface area contributed by atoms with Crippen LogP contribution in [-0.4, -0.2) is 84.4 Å². The second-order valence-electron chi connectivity index (χ2n) is 17.5. The Labute approximate surface area is 295 Å². The van der Waals surface area contributed by atoms with Gasteiger partial charge in [0.05, 0.1) is 10.9 Å². The molecule has 5 rings (SSSR count). The van der Waals surface area contributed by atoms with Gasteiger partial charge in [0.25, 0.3) is 5.91 Å². The number of carbonyl (C=O) groups excluding carboxylic acids is 5. The molecule has 2 heterocycles. The Morgan fingerprint density at radius 1 is 0.960 bits per heavy atom. The number of nitrogens with zero attached hydrogens (tertiary/aromatic N) is 2. The van der Waals surface area contributed by atoms with Crippen LogP contribution in [0.1, 0.15) is 86.6 Å². The highest BCUT2D eigenvalue weighted by Gasteiger charge is 2.70. The molecule has 50 heavy (non-hydrogen) atoms. The highest BCUT2D eigenvalue weighted by atomic mass is 32.2. The molecule has 3 fully saturated rings. The molecule has 5 N–H and O–H groups in total. The number of fused-ring (bicyclic) bond motifs is 2. The van der Waals surface area contributed by atoms with E-state index >= 15 is 0 Å². The summed E-state index contributed by atoms with van der Waals surface area (Å²) in [6, 6.07) is 2.58. The molecule has 2 saturated carbocycles. The van der Waals surface area contributed by atoms with Crippen LogP contribution in [-0.2, 0) is 35.7 Å². The first-order valence-electron chi connectivity index (χ1n) is 17.6. The summed E-state index contributed by atoms with van der Waals surface area (Å²) in [5.74, 6) is -2.80. The molecular formula is C36H54N6O7S. The maximum absolute atomic E-state index is 14.4. The van der Waals surface area contributed by atoms with Gasteiger partial charge in [-0.25, -0.2) is 13.2 Å². The molecule has 14 heteroatoms. The number of urea groups is 1. The molecule has 1 aromatic carbocycles. The van der Waals surface area contributed by atoms with Crippen molar-refractivity contribution in [3.05, 3.63) is 29.8 Å². The van der Waals surface area contributed by atoms with Crippen LogP contribution in [0.4, 0.5) is 4.79 Å². The second-order valence-corrected chi connectivity index (χ2v) is 19.4. The highest BCUT2D eigenvalue weighted by molar-refractivity contribution is 7.89. The van der Waals surface area contributed by atoms with Gasteiger partial charge in [0.15, 0.2) is 0 Å². The maximum atomic E-state index is 14.4. The SMILES string of the molecule is CC(C)(C)[C@H](NC(=O)N[C@H](CN1Cc2ccccc2S1(=O)=O)C(C)(C)C)C(=O)N1C[C@H]2[C@@H](C1C(=O)NC(CC1CCC1)C(=O)C(N)=O)C2(C)C. The van der Waals surface area contributed by atoms with Crippen LogP contribution in [0.15, 0.2) is 29.2 Å². The lowest BCUT2D eigenvalue weighted by Gasteiger charge is -2.39. The van der Waals surface area contributed by atoms with Gasteiger partial charge in [0.1, 0.15) is 12.1 Å². The molecule has 4 aliphatic rings. The van der Waals surface area contributed by atoms with Crippen molar-refractivity contribution in [2.24, 2.45) is 39.7 Å². The number of piperidine rings is 1. The number of nitrogens with one attached hydrogen (secondary N) is 3. The van der Waals surface area contributed by atoms with E-state index < -0.39 is 74.6 Å². The lowest BCUT2D eigenvalue weighted by atomic mass is 9.80. The summed E-state index contributed by atoms with van der Waals surface area (Å²) in [5, 5.41) is 8.61. The summed E-state index contributed by atoms with van der Waals surface area (Å²) in [6.07, 6.45) is 3.15. The minimum Gasteiger partial charge on any atom is -0.363 e. The van der Waals surface area contributed by atoms with Gasteiger partial charge >= 0.3 is 6.03 Å². The van der Waals surface area contributed by atoms with E-state index in [0.29, 0.717) is 18.5 Å². The zero-order valence-corrected chi connectivity index (χ0v) is 31.4. The summed E-state index contributed by atoms with van der Waals surface area (Å²) in [7, 11) is -3.74. The molecule has 276 valence electrons. The average molecular weight is 715 g/mol. The minimum absolute atomic E-state index is 0.0287. The van der Waals surface area contributed by atoms with Crippen LogP contribution in [0.2, 0.25) is 0 Å².